The molecule has 0 aliphatic carbocycles. The normalized spacial score (nSPS) is 13.2. The van der Waals surface area contributed by atoms with Gasteiger partial charge in [-0.3, -0.25) is 0 Å². The van der Waals surface area contributed by atoms with Crippen molar-refractivity contribution in [3.8, 4) is 56.4 Å². The average molecular weight is 1130 g/mol. The van der Waals surface area contributed by atoms with Crippen molar-refractivity contribution in [1.82, 2.24) is 18.6 Å². The SMILES string of the molecule is [2H]C([2H])([2H])c1ccccc1-c1ccc(N2B(c3ccccc3)n3c4ccccc4c4cccc2c43)nc1Oc1cccc(-n2[c](=[Pt])n(-c3c(-c4ccccc4)cccc3-c3cccc(C(C)(C)C)c3)c3ccccc32)c1. The van der Waals surface area contributed by atoms with Crippen molar-refractivity contribution in [2.45, 2.75) is 33.0 Å². The molecule has 0 bridgehead atoms. The van der Waals surface area contributed by atoms with Gasteiger partial charge in [-0.1, -0.05) is 60.7 Å². The second-order valence-electron chi connectivity index (χ2n) is 19.7. The van der Waals surface area contributed by atoms with E-state index in [2.05, 4.69) is 228 Å². The van der Waals surface area contributed by atoms with Crippen LogP contribution in [0.1, 0.15) is 36.0 Å². The Morgan fingerprint density at radius 1 is 0.534 bits per heavy atom. The van der Waals surface area contributed by atoms with Crippen LogP contribution in [-0.2, 0) is 24.8 Å². The maximum atomic E-state index is 8.63. The summed E-state index contributed by atoms with van der Waals surface area (Å²) in [4.78, 5) is 7.74. The maximum absolute atomic E-state index is 8.63. The third kappa shape index (κ3) is 7.52. The van der Waals surface area contributed by atoms with Crippen LogP contribution in [0.3, 0.4) is 0 Å². The average Bonchev–Trinajstić information content (AvgIpc) is 4.28. The number of benzene rings is 9. The summed E-state index contributed by atoms with van der Waals surface area (Å²) >= 11 is 2.48. The van der Waals surface area contributed by atoms with Gasteiger partial charge in [0.05, 0.1) is 0 Å². The summed E-state index contributed by atoms with van der Waals surface area (Å²) in [6, 6.07) is 79.5. The number of rotatable bonds is 9. The summed E-state index contributed by atoms with van der Waals surface area (Å²) in [5, 5.41) is 2.35. The number of hydrogen-bond donors (Lipinski definition) is 0. The van der Waals surface area contributed by atoms with Crippen LogP contribution in [0.2, 0.25) is 0 Å². The Kier molecular flexibility index (Phi) is 10.1. The van der Waals surface area contributed by atoms with E-state index in [1.54, 1.807) is 12.1 Å². The zero-order valence-electron chi connectivity index (χ0n) is 43.5. The van der Waals surface area contributed by atoms with Crippen molar-refractivity contribution >= 4 is 56.8 Å². The molecule has 0 fully saturated rings. The Hall–Kier alpha value is -8.25. The molecule has 73 heavy (non-hydrogen) atoms. The van der Waals surface area contributed by atoms with Gasteiger partial charge in [0.25, 0.3) is 0 Å². The zero-order valence-corrected chi connectivity index (χ0v) is 42.7. The van der Waals surface area contributed by atoms with Crippen molar-refractivity contribution < 1.29 is 28.2 Å². The first-order valence-electron chi connectivity index (χ1n) is 26.1. The number of hydrogen-bond acceptors (Lipinski definition) is 3. The van der Waals surface area contributed by atoms with Gasteiger partial charge in [0.2, 0.25) is 0 Å². The molecule has 9 aromatic carbocycles. The van der Waals surface area contributed by atoms with Gasteiger partial charge >= 0.3 is 360 Å². The Bertz CT molecular complexity index is 4290. The number of imidazole rings is 1. The topological polar surface area (TPSA) is 40.1 Å². The quantitative estimate of drug-likeness (QED) is 0.135. The van der Waals surface area contributed by atoms with Crippen molar-refractivity contribution in [2.24, 2.45) is 0 Å². The predicted octanol–water partition coefficient (Wildman–Crippen LogP) is 15.8. The Morgan fingerprint density at radius 2 is 1.16 bits per heavy atom. The number of ether oxygens (including phenoxy) is 1. The van der Waals surface area contributed by atoms with Crippen molar-refractivity contribution in [3.05, 3.63) is 245 Å². The molecule has 0 spiro atoms. The van der Waals surface area contributed by atoms with Crippen LogP contribution in [0.4, 0.5) is 11.5 Å². The predicted molar refractivity (Wildman–Crippen MR) is 299 cm³/mol. The van der Waals surface area contributed by atoms with Crippen molar-refractivity contribution in [2.75, 3.05) is 4.81 Å². The molecule has 0 saturated carbocycles. The molecule has 1 aliphatic rings. The van der Waals surface area contributed by atoms with Crippen LogP contribution in [0.15, 0.2) is 231 Å². The first kappa shape index (κ1) is 41.4. The first-order valence-corrected chi connectivity index (χ1v) is 25.8. The van der Waals surface area contributed by atoms with Gasteiger partial charge in [-0.05, 0) is 6.07 Å². The Morgan fingerprint density at radius 3 is 1.96 bits per heavy atom. The standard InChI is InChI=1S/C65H50BN5O.Pt/c1-44-21-11-12-30-51(44)56-39-40-61(70-60-38-20-34-55-54-31-13-14-35-57(54)71(63(55)60)66(70)48-26-9-6-10-27-48)67-64(56)72-50-29-18-28-49(42-50)68-43-69(59-37-16-15-36-58(59)68)62-52(45-22-7-5-8-23-45)32-19-33-53(62)46-24-17-25-47(41-46)65(2,3)4;/h5-42H,1-4H3;/i1D3;. The zero-order chi connectivity index (χ0) is 51.9. The second-order valence-corrected chi connectivity index (χ2v) is 20.7. The number of nitrogens with zero attached hydrogens (tertiary/aromatic N) is 5. The molecule has 354 valence electrons. The Balaban J connectivity index is 0.987. The molecule has 13 rings (SSSR count). The fourth-order valence-corrected chi connectivity index (χ4v) is 12.0. The molecule has 0 amide bonds. The van der Waals surface area contributed by atoms with Crippen LogP contribution in [0.25, 0.3) is 77.6 Å². The van der Waals surface area contributed by atoms with Crippen LogP contribution in [0.5, 0.6) is 11.6 Å². The van der Waals surface area contributed by atoms with Crippen LogP contribution >= 0.6 is 0 Å². The summed E-state index contributed by atoms with van der Waals surface area (Å²) in [6.45, 7) is 4.10. The molecule has 0 N–H and O–H groups in total. The summed E-state index contributed by atoms with van der Waals surface area (Å²) in [5.74, 6) is 1.48. The number of fused-ring (bicyclic) bond motifs is 4. The van der Waals surface area contributed by atoms with Crippen molar-refractivity contribution in [3.63, 3.8) is 0 Å². The van der Waals surface area contributed by atoms with Gasteiger partial charge in [-0.15, -0.1) is 0 Å². The van der Waals surface area contributed by atoms with E-state index < -0.39 is 6.85 Å². The van der Waals surface area contributed by atoms with Crippen LogP contribution in [0, 0.1) is 10.7 Å². The van der Waals surface area contributed by atoms with Gasteiger partial charge in [0.15, 0.2) is 0 Å². The minimum atomic E-state index is -2.39. The fourth-order valence-electron chi connectivity index (χ4n) is 10.9. The number of anilines is 2. The van der Waals surface area contributed by atoms with E-state index >= 15 is 0 Å². The molecule has 8 heteroatoms. The first-order chi connectivity index (χ1) is 36.9. The van der Waals surface area contributed by atoms with E-state index in [0.717, 1.165) is 76.0 Å². The third-order valence-electron chi connectivity index (χ3n) is 14.2. The molecular formula is C65H50BN5OPt. The molecule has 0 saturated heterocycles. The summed E-state index contributed by atoms with van der Waals surface area (Å²) in [6.07, 6.45) is 0. The summed E-state index contributed by atoms with van der Waals surface area (Å²) < 4.78 is 41.1. The van der Waals surface area contributed by atoms with Gasteiger partial charge < -0.3 is 0 Å². The Labute approximate surface area is 440 Å². The molecule has 0 radical (unpaired) electrons. The van der Waals surface area contributed by atoms with E-state index in [9.17, 15) is 0 Å². The van der Waals surface area contributed by atoms with E-state index in [0.29, 0.717) is 22.7 Å². The monoisotopic (exact) mass is 1130 g/mol. The third-order valence-corrected chi connectivity index (χ3v) is 15.3. The second kappa shape index (κ2) is 17.8. The number of para-hydroxylation sites is 5. The molecule has 1 aliphatic heterocycles. The molecule has 0 unspecified atom stereocenters. The van der Waals surface area contributed by atoms with Crippen LogP contribution < -0.4 is 15.0 Å². The molecule has 3 aromatic heterocycles. The number of pyridine rings is 1. The van der Waals surface area contributed by atoms with Crippen molar-refractivity contribution in [1.29, 1.82) is 0 Å². The molecule has 6 nitrogen and oxygen atoms in total. The molecule has 12 aromatic rings. The minimum absolute atomic E-state index is 0.0379. The van der Waals surface area contributed by atoms with E-state index in [1.165, 1.54) is 10.9 Å². The molecular weight excluding hydrogens is 1070 g/mol. The van der Waals surface area contributed by atoms with E-state index in [-0.39, 0.29) is 23.8 Å². The van der Waals surface area contributed by atoms with E-state index in [1.807, 2.05) is 48.5 Å². The fraction of sp³-hybridized carbons (Fsp3) is 0.0769. The molecule has 0 atom stereocenters. The van der Waals surface area contributed by atoms with Gasteiger partial charge in [-0.2, -0.15) is 0 Å². The number of aryl methyl sites for hydroxylation is 1. The van der Waals surface area contributed by atoms with Gasteiger partial charge in [0, 0.05) is 16.3 Å². The van der Waals surface area contributed by atoms with Crippen LogP contribution in [-0.4, -0.2) is 25.6 Å². The van der Waals surface area contributed by atoms with E-state index in [4.69, 9.17) is 13.8 Å². The number of aromatic nitrogens is 4. The van der Waals surface area contributed by atoms with Gasteiger partial charge in [0.1, 0.15) is 0 Å². The van der Waals surface area contributed by atoms with Gasteiger partial charge in [-0.25, -0.2) is 0 Å². The molecule has 4 heterocycles. The summed E-state index contributed by atoms with van der Waals surface area (Å²) in [5.41, 5.74) is 15.4. The summed E-state index contributed by atoms with van der Waals surface area (Å²) in [7, 11) is 0.